The third-order valence-corrected chi connectivity index (χ3v) is 6.73. The van der Waals surface area contributed by atoms with Crippen molar-refractivity contribution >= 4 is 26.1 Å². The largest absolute Gasteiger partial charge is 0.450 e. The molecule has 0 saturated carbocycles. The molecule has 9 heteroatoms. The average molecular weight is 399 g/mol. The number of hydrogen-bond donors (Lipinski definition) is 0. The molecule has 0 bridgehead atoms. The Bertz CT molecular complexity index is 1250. The molecule has 136 valence electrons. The molecule has 4 rings (SSSR count). The Balaban J connectivity index is 1.70. The SMILES string of the molecule is O=c1c(Oc2ccccc2)cnc2sc(S(=O)(=O)Cc3ccccc3)nn12. The van der Waals surface area contributed by atoms with Gasteiger partial charge in [-0.3, -0.25) is 4.79 Å². The van der Waals surface area contributed by atoms with E-state index in [1.165, 1.54) is 6.20 Å². The summed E-state index contributed by atoms with van der Waals surface area (Å²) in [6.45, 7) is 0. The number of hydrogen-bond acceptors (Lipinski definition) is 7. The highest BCUT2D eigenvalue weighted by molar-refractivity contribution is 7.92. The predicted molar refractivity (Wildman–Crippen MR) is 101 cm³/mol. The van der Waals surface area contributed by atoms with Crippen molar-refractivity contribution in [2.75, 3.05) is 0 Å². The van der Waals surface area contributed by atoms with Gasteiger partial charge < -0.3 is 4.74 Å². The normalized spacial score (nSPS) is 11.6. The summed E-state index contributed by atoms with van der Waals surface area (Å²) >= 11 is 0.850. The van der Waals surface area contributed by atoms with Gasteiger partial charge in [0.25, 0.3) is 0 Å². The summed E-state index contributed by atoms with van der Waals surface area (Å²) in [7, 11) is -3.70. The second-order valence-electron chi connectivity index (χ2n) is 5.65. The lowest BCUT2D eigenvalue weighted by Gasteiger charge is -2.03. The fourth-order valence-electron chi connectivity index (χ4n) is 2.42. The number of nitrogens with zero attached hydrogens (tertiary/aromatic N) is 3. The van der Waals surface area contributed by atoms with Gasteiger partial charge in [0.2, 0.25) is 24.9 Å². The quantitative estimate of drug-likeness (QED) is 0.512. The van der Waals surface area contributed by atoms with E-state index < -0.39 is 15.4 Å². The van der Waals surface area contributed by atoms with Crippen LogP contribution in [0.25, 0.3) is 4.96 Å². The van der Waals surface area contributed by atoms with Crippen molar-refractivity contribution in [3.63, 3.8) is 0 Å². The third-order valence-electron chi connectivity index (χ3n) is 3.67. The minimum atomic E-state index is -3.70. The first kappa shape index (κ1) is 17.4. The van der Waals surface area contributed by atoms with Crippen molar-refractivity contribution in [2.45, 2.75) is 10.1 Å². The van der Waals surface area contributed by atoms with Crippen LogP contribution in [0.2, 0.25) is 0 Å². The monoisotopic (exact) mass is 399 g/mol. The van der Waals surface area contributed by atoms with Crippen LogP contribution in [0.3, 0.4) is 0 Å². The summed E-state index contributed by atoms with van der Waals surface area (Å²) < 4.78 is 31.6. The van der Waals surface area contributed by atoms with Crippen molar-refractivity contribution in [1.82, 2.24) is 14.6 Å². The first-order valence-corrected chi connectivity index (χ1v) is 10.4. The predicted octanol–water partition coefficient (Wildman–Crippen LogP) is 2.92. The molecular formula is C18H13N3O4S2. The third kappa shape index (κ3) is 3.60. The van der Waals surface area contributed by atoms with Gasteiger partial charge in [-0.25, -0.2) is 13.4 Å². The summed E-state index contributed by atoms with van der Waals surface area (Å²) in [6, 6.07) is 17.6. The molecule has 0 amide bonds. The minimum Gasteiger partial charge on any atom is -0.450 e. The van der Waals surface area contributed by atoms with Crippen LogP contribution >= 0.6 is 11.3 Å². The van der Waals surface area contributed by atoms with E-state index in [9.17, 15) is 13.2 Å². The summed E-state index contributed by atoms with van der Waals surface area (Å²) in [5.74, 6) is 0.245. The maximum atomic E-state index is 12.6. The van der Waals surface area contributed by atoms with Crippen molar-refractivity contribution in [3.8, 4) is 11.5 Å². The molecule has 0 unspecified atom stereocenters. The molecule has 0 spiro atoms. The van der Waals surface area contributed by atoms with Gasteiger partial charge in [-0.05, 0) is 17.7 Å². The molecule has 7 nitrogen and oxygen atoms in total. The highest BCUT2D eigenvalue weighted by Crippen LogP contribution is 2.23. The highest BCUT2D eigenvalue weighted by atomic mass is 32.2. The Hall–Kier alpha value is -3.04. The zero-order chi connectivity index (χ0) is 18.9. The standard InChI is InChI=1S/C18H13N3O4S2/c22-16-15(25-14-9-5-2-6-10-14)11-19-17-21(16)20-18(26-17)27(23,24)12-13-7-3-1-4-8-13/h1-11H,12H2. The lowest BCUT2D eigenvalue weighted by atomic mass is 10.2. The molecular weight excluding hydrogens is 386 g/mol. The molecule has 0 aliphatic rings. The van der Waals surface area contributed by atoms with Crippen molar-refractivity contribution < 1.29 is 13.2 Å². The molecule has 0 aliphatic heterocycles. The van der Waals surface area contributed by atoms with Crippen molar-refractivity contribution in [2.24, 2.45) is 0 Å². The van der Waals surface area contributed by atoms with E-state index in [1.54, 1.807) is 48.5 Å². The molecule has 0 aliphatic carbocycles. The van der Waals surface area contributed by atoms with Gasteiger partial charge in [0.05, 0.1) is 11.9 Å². The van der Waals surface area contributed by atoms with Gasteiger partial charge in [0.15, 0.2) is 0 Å². The van der Waals surface area contributed by atoms with E-state index in [-0.39, 0.29) is 20.8 Å². The summed E-state index contributed by atoms with van der Waals surface area (Å²) in [4.78, 5) is 16.9. The van der Waals surface area contributed by atoms with Crippen molar-refractivity contribution in [1.29, 1.82) is 0 Å². The van der Waals surface area contributed by atoms with Crippen LogP contribution in [0.15, 0.2) is 76.0 Å². The Morgan fingerprint density at radius 3 is 2.37 bits per heavy atom. The smallest absolute Gasteiger partial charge is 0.318 e. The Morgan fingerprint density at radius 2 is 1.67 bits per heavy atom. The number of aromatic nitrogens is 3. The summed E-state index contributed by atoms with van der Waals surface area (Å²) in [5.41, 5.74) is 0.0754. The molecule has 2 heterocycles. The lowest BCUT2D eigenvalue weighted by Crippen LogP contribution is -2.17. The van der Waals surface area contributed by atoms with E-state index >= 15 is 0 Å². The van der Waals surface area contributed by atoms with Gasteiger partial charge >= 0.3 is 5.56 Å². The Kier molecular flexibility index (Phi) is 4.46. The van der Waals surface area contributed by atoms with E-state index in [2.05, 4.69) is 10.1 Å². The Morgan fingerprint density at radius 1 is 1.00 bits per heavy atom. The van der Waals surface area contributed by atoms with Gasteiger partial charge in [-0.2, -0.15) is 4.52 Å². The summed E-state index contributed by atoms with van der Waals surface area (Å²) in [6.07, 6.45) is 1.27. The van der Waals surface area contributed by atoms with Crippen molar-refractivity contribution in [3.05, 3.63) is 82.8 Å². The van der Waals surface area contributed by atoms with Crippen LogP contribution < -0.4 is 10.3 Å². The molecule has 0 N–H and O–H groups in total. The molecule has 0 saturated heterocycles. The maximum absolute atomic E-state index is 12.6. The molecule has 2 aromatic heterocycles. The summed E-state index contributed by atoms with van der Waals surface area (Å²) in [5, 5.41) is 3.97. The number of sulfone groups is 1. The number of fused-ring (bicyclic) bond motifs is 1. The number of para-hydroxylation sites is 1. The molecule has 0 fully saturated rings. The maximum Gasteiger partial charge on any atom is 0.318 e. The average Bonchev–Trinajstić information content (AvgIpc) is 3.12. The van der Waals surface area contributed by atoms with Gasteiger partial charge in [0.1, 0.15) is 5.75 Å². The van der Waals surface area contributed by atoms with Crippen LogP contribution in [-0.4, -0.2) is 23.0 Å². The zero-order valence-electron chi connectivity index (χ0n) is 13.8. The molecule has 2 aromatic carbocycles. The van der Waals surface area contributed by atoms with Gasteiger partial charge in [0, 0.05) is 0 Å². The molecule has 4 aromatic rings. The van der Waals surface area contributed by atoms with Gasteiger partial charge in [-0.15, -0.1) is 5.10 Å². The topological polar surface area (TPSA) is 90.6 Å². The van der Waals surface area contributed by atoms with Gasteiger partial charge in [-0.1, -0.05) is 59.9 Å². The number of benzene rings is 2. The van der Waals surface area contributed by atoms with E-state index in [1.807, 2.05) is 12.1 Å². The number of rotatable bonds is 5. The molecule has 0 atom stereocenters. The fraction of sp³-hybridized carbons (Fsp3) is 0.0556. The highest BCUT2D eigenvalue weighted by Gasteiger charge is 2.22. The van der Waals surface area contributed by atoms with E-state index in [0.717, 1.165) is 15.9 Å². The lowest BCUT2D eigenvalue weighted by molar-refractivity contribution is 0.469. The molecule has 0 radical (unpaired) electrons. The zero-order valence-corrected chi connectivity index (χ0v) is 15.5. The van der Waals surface area contributed by atoms with E-state index in [4.69, 9.17) is 4.74 Å². The molecule has 27 heavy (non-hydrogen) atoms. The van der Waals surface area contributed by atoms with E-state index in [0.29, 0.717) is 11.3 Å². The minimum absolute atomic E-state index is 0.0315. The van der Waals surface area contributed by atoms with Crippen LogP contribution in [-0.2, 0) is 15.6 Å². The van der Waals surface area contributed by atoms with Crippen LogP contribution in [0.1, 0.15) is 5.56 Å². The fourth-order valence-corrected chi connectivity index (χ4v) is 4.88. The van der Waals surface area contributed by atoms with Crippen LogP contribution in [0.5, 0.6) is 11.5 Å². The number of ether oxygens (including phenoxy) is 1. The first-order chi connectivity index (χ1) is 13.0. The first-order valence-electron chi connectivity index (χ1n) is 7.91. The second-order valence-corrected chi connectivity index (χ2v) is 8.77. The van der Waals surface area contributed by atoms with Crippen LogP contribution in [0, 0.1) is 0 Å². The second kappa shape index (κ2) is 6.93. The van der Waals surface area contributed by atoms with Crippen LogP contribution in [0.4, 0.5) is 0 Å². The Labute approximate surface area is 158 Å².